The largest absolute Gasteiger partial charge is 0.508 e. The number of aryl methyl sites for hydroxylation is 1. The topological polar surface area (TPSA) is 529 Å². The third-order valence-electron chi connectivity index (χ3n) is 17.5. The third kappa shape index (κ3) is 19.7. The molecule has 0 fully saturated rings. The Bertz CT molecular complexity index is 6110. The van der Waals surface area contributed by atoms with Crippen LogP contribution in [0.5, 0.6) is 34.5 Å². The van der Waals surface area contributed by atoms with Gasteiger partial charge in [-0.2, -0.15) is 61.4 Å². The highest BCUT2D eigenvalue weighted by atomic mass is 16.6. The van der Waals surface area contributed by atoms with E-state index in [9.17, 15) is 91.3 Å². The molecule has 0 spiro atoms. The molecule has 0 atom stereocenters. The van der Waals surface area contributed by atoms with Gasteiger partial charge in [-0.1, -0.05) is 43.3 Å². The number of nitro benzene ring substituents is 6. The van der Waals surface area contributed by atoms with Gasteiger partial charge in [-0.15, -0.1) is 0 Å². The van der Waals surface area contributed by atoms with E-state index in [-0.39, 0.29) is 189 Å². The number of azo groups is 6. The van der Waals surface area contributed by atoms with Gasteiger partial charge in [-0.05, 0) is 127 Å². The molecule has 0 saturated heterocycles. The quantitative estimate of drug-likeness (QED) is 0.0144. The maximum Gasteiger partial charge on any atom is 0.271 e. The molecular weight excluding hydrogens is 1490 g/mol. The molecule has 0 amide bonds. The number of hydrogen-bond acceptors (Lipinski definition) is 30. The summed E-state index contributed by atoms with van der Waals surface area (Å²) in [5.74, 6) is -2.22. The van der Waals surface area contributed by atoms with Gasteiger partial charge >= 0.3 is 0 Å². The molecule has 12 aromatic carbocycles. The minimum absolute atomic E-state index is 0.00538. The Kier molecular flexibility index (Phi) is 23.6. The lowest BCUT2D eigenvalue weighted by Gasteiger charge is -2.17. The van der Waals surface area contributed by atoms with Crippen molar-refractivity contribution in [3.8, 4) is 34.5 Å². The van der Waals surface area contributed by atoms with E-state index in [1.54, 1.807) is 13.0 Å². The van der Waals surface area contributed by atoms with Crippen LogP contribution < -0.4 is 0 Å². The third-order valence-corrected chi connectivity index (χ3v) is 17.5. The van der Waals surface area contributed by atoms with Crippen LogP contribution in [0.15, 0.2) is 286 Å². The molecule has 0 saturated carbocycles. The van der Waals surface area contributed by atoms with Gasteiger partial charge in [0.1, 0.15) is 34.5 Å². The smallest absolute Gasteiger partial charge is 0.271 e. The van der Waals surface area contributed by atoms with Crippen LogP contribution in [0.3, 0.4) is 0 Å². The van der Waals surface area contributed by atoms with E-state index in [0.717, 1.165) is 12.1 Å². The zero-order valence-electron chi connectivity index (χ0n) is 59.7. The molecule has 0 unspecified atom stereocenters. The van der Waals surface area contributed by atoms with Crippen LogP contribution in [0, 0.1) is 60.7 Å². The Morgan fingerprint density at radius 1 is 0.217 bits per heavy atom. The monoisotopic (exact) mass is 1550 g/mol. The molecule has 115 heavy (non-hydrogen) atoms. The van der Waals surface area contributed by atoms with Crippen molar-refractivity contribution >= 4 is 102 Å². The number of nitrogens with zero attached hydrogens (tertiary/aromatic N) is 18. The molecule has 0 aliphatic heterocycles. The number of benzene rings is 12. The predicted octanol–water partition coefficient (Wildman–Crippen LogP) is 22.4. The van der Waals surface area contributed by atoms with Crippen molar-refractivity contribution in [3.63, 3.8) is 0 Å². The lowest BCUT2D eigenvalue weighted by atomic mass is 9.91. The normalized spacial score (nSPS) is 11.6. The average molecular weight is 1550 g/mol. The van der Waals surface area contributed by atoms with Crippen LogP contribution in [0.2, 0.25) is 0 Å². The van der Waals surface area contributed by atoms with Crippen molar-refractivity contribution in [2.24, 2.45) is 61.4 Å². The SMILES string of the molecule is CCc1cc(N=Nc2cccc([N+](=O)[O-])c2)cc(Cc2cc(N=Nc3cccc([N+](=O)[O-])c3)cc(Cc3cc(N=Nc4cccc([N+](=O)[O-])c4)cc(Cc4cc(N=Nc5cccc([N+](=O)[O-])c5)cc(Cc5cc(N=Nc6cccc([N+](=O)[O-])c6)cc(Cc6cc(N=Nc7cccc([N+](=O)[O-])c7)ccc6O)c5O)c4O)c3O)c2O)c1O. The summed E-state index contributed by atoms with van der Waals surface area (Å²) in [7, 11) is 0. The summed E-state index contributed by atoms with van der Waals surface area (Å²) in [6.07, 6.45) is -1.49. The summed E-state index contributed by atoms with van der Waals surface area (Å²) < 4.78 is 0. The first-order chi connectivity index (χ1) is 55.3. The molecule has 6 N–H and O–H groups in total. The van der Waals surface area contributed by atoms with E-state index in [1.807, 2.05) is 0 Å². The molecular formula is C79H58N18O18. The molecule has 0 heterocycles. The Balaban J connectivity index is 0.987. The fraction of sp³-hybridized carbons (Fsp3) is 0.0886. The summed E-state index contributed by atoms with van der Waals surface area (Å²) in [6, 6.07) is 50.2. The summed E-state index contributed by atoms with van der Waals surface area (Å²) in [6.45, 7) is 1.77. The van der Waals surface area contributed by atoms with Gasteiger partial charge in [0, 0.05) is 161 Å². The molecule has 0 bridgehead atoms. The van der Waals surface area contributed by atoms with E-state index >= 15 is 0 Å². The second kappa shape index (κ2) is 34.8. The molecule has 36 heteroatoms. The first-order valence-corrected chi connectivity index (χ1v) is 34.3. The van der Waals surface area contributed by atoms with Crippen molar-refractivity contribution in [2.45, 2.75) is 45.4 Å². The Morgan fingerprint density at radius 2 is 0.383 bits per heavy atom. The fourth-order valence-corrected chi connectivity index (χ4v) is 12.0. The van der Waals surface area contributed by atoms with Gasteiger partial charge in [0.25, 0.3) is 34.1 Å². The maximum atomic E-state index is 12.8. The highest BCUT2D eigenvalue weighted by molar-refractivity contribution is 5.66. The summed E-state index contributed by atoms with van der Waals surface area (Å²) >= 11 is 0. The van der Waals surface area contributed by atoms with Crippen molar-refractivity contribution in [3.05, 3.63) is 346 Å². The number of hydrogen-bond donors (Lipinski definition) is 6. The predicted molar refractivity (Wildman–Crippen MR) is 416 cm³/mol. The van der Waals surface area contributed by atoms with Crippen molar-refractivity contribution in [1.82, 2.24) is 0 Å². The first-order valence-electron chi connectivity index (χ1n) is 34.3. The molecule has 0 aromatic heterocycles. The summed E-state index contributed by atoms with van der Waals surface area (Å²) in [4.78, 5) is 66.8. The second-order valence-corrected chi connectivity index (χ2v) is 25.5. The van der Waals surface area contributed by atoms with Gasteiger partial charge in [0.05, 0.1) is 97.8 Å². The van der Waals surface area contributed by atoms with Gasteiger partial charge in [0.2, 0.25) is 0 Å². The molecule has 12 aromatic rings. The Morgan fingerprint density at radius 3 is 0.583 bits per heavy atom. The van der Waals surface area contributed by atoms with Crippen LogP contribution in [0.4, 0.5) is 102 Å². The van der Waals surface area contributed by atoms with E-state index in [1.165, 1.54) is 206 Å². The van der Waals surface area contributed by atoms with E-state index < -0.39 is 71.8 Å². The molecule has 12 rings (SSSR count). The van der Waals surface area contributed by atoms with E-state index in [2.05, 4.69) is 61.4 Å². The number of phenolic OH excluding ortho intramolecular Hbond substituents is 6. The molecule has 0 radical (unpaired) electrons. The Labute approximate surface area is 647 Å². The fourth-order valence-electron chi connectivity index (χ4n) is 12.0. The molecule has 0 aliphatic carbocycles. The zero-order valence-corrected chi connectivity index (χ0v) is 59.7. The van der Waals surface area contributed by atoms with Gasteiger partial charge in [0.15, 0.2) is 0 Å². The Hall–Kier alpha value is -16.6. The minimum atomic E-state index is -0.638. The number of nitro groups is 6. The van der Waals surface area contributed by atoms with Crippen LogP contribution >= 0.6 is 0 Å². The number of aromatic hydroxyl groups is 6. The molecule has 572 valence electrons. The summed E-state index contributed by atoms with van der Waals surface area (Å²) in [5, 5.41) is 196. The van der Waals surface area contributed by atoms with E-state index in [4.69, 9.17) is 0 Å². The minimum Gasteiger partial charge on any atom is -0.508 e. The van der Waals surface area contributed by atoms with Crippen molar-refractivity contribution in [2.75, 3.05) is 0 Å². The van der Waals surface area contributed by atoms with E-state index in [0.29, 0.717) is 5.56 Å². The van der Waals surface area contributed by atoms with Gasteiger partial charge in [-0.25, -0.2) is 0 Å². The zero-order chi connectivity index (χ0) is 81.6. The highest BCUT2D eigenvalue weighted by Gasteiger charge is 2.24. The van der Waals surface area contributed by atoms with Gasteiger partial charge < -0.3 is 30.6 Å². The summed E-state index contributed by atoms with van der Waals surface area (Å²) in [5.41, 5.74) is 0.236. The number of rotatable bonds is 29. The molecule has 36 nitrogen and oxygen atoms in total. The van der Waals surface area contributed by atoms with Crippen LogP contribution in [-0.4, -0.2) is 60.2 Å². The number of non-ortho nitro benzene ring substituents is 6. The lowest BCUT2D eigenvalue weighted by molar-refractivity contribution is -0.385. The standard InChI is InChI=1S/C79H58N18O18/c1-2-45-28-63(87-81-57-10-4-16-69(40-57)93(106)107)31-48(75(45)99)24-49-32-65(89-83-59-12-6-18-71(42-59)95(110)111)35-52(77(49)101)26-53-36-67(91-85-61-14-8-20-73(44-61)97(114)115)38-55(79(53)103)27-54-37-66(90-84-60-13-7-19-72(43-60)96(112)113)34-51(78(54)102)25-50-33-64(88-82-58-11-5-17-70(41-58)94(108)109)30-47(76(50)100)23-46-29-62(21-22-74(46)98)86-80-56-9-3-15-68(39-56)92(104)105/h3-22,28-44,98-103H,2,23-27H2,1H3. The molecule has 0 aliphatic rings. The first kappa shape index (κ1) is 78.0. The lowest BCUT2D eigenvalue weighted by Crippen LogP contribution is -2.00. The maximum absolute atomic E-state index is 12.8. The van der Waals surface area contributed by atoms with Crippen LogP contribution in [0.1, 0.15) is 68.1 Å². The van der Waals surface area contributed by atoms with Crippen LogP contribution in [-0.2, 0) is 38.5 Å². The van der Waals surface area contributed by atoms with Crippen LogP contribution in [0.25, 0.3) is 0 Å². The van der Waals surface area contributed by atoms with Crippen molar-refractivity contribution in [1.29, 1.82) is 0 Å². The highest BCUT2D eigenvalue weighted by Crippen LogP contribution is 2.44. The van der Waals surface area contributed by atoms with Gasteiger partial charge in [-0.3, -0.25) is 60.7 Å². The number of phenols is 6. The van der Waals surface area contributed by atoms with Crippen molar-refractivity contribution < 1.29 is 60.2 Å². The second-order valence-electron chi connectivity index (χ2n) is 25.5. The average Bonchev–Trinajstić information content (AvgIpc) is 0.790.